The number of fused-ring (bicyclic) bond motifs is 7. The number of rotatable bonds is 14. The molecule has 4 aromatic carbocycles. The predicted molar refractivity (Wildman–Crippen MR) is 285 cm³/mol. The van der Waals surface area contributed by atoms with Gasteiger partial charge in [0.2, 0.25) is 0 Å². The van der Waals surface area contributed by atoms with Crippen LogP contribution in [0.25, 0.3) is 11.0 Å². The quantitative estimate of drug-likeness (QED) is 0.0367. The van der Waals surface area contributed by atoms with Crippen LogP contribution in [0.2, 0.25) is 5.02 Å². The molecule has 2 saturated carbocycles. The van der Waals surface area contributed by atoms with Crippen molar-refractivity contribution >= 4 is 64.2 Å². The number of carboxylic acids is 1. The number of hydrogen-bond acceptors (Lipinski definition) is 12. The molecule has 14 heteroatoms. The SMILES string of the molecule is CC(=O)Oc1ccc2c(c1)[C@@]1(C)CCC[C@](C)(C(=O)OC(=O)[C@@]3(C)CCC[C@]4(C)c5cc(OC(C)=O)ccc5CC[C@@H]34)[C@@H]1CC2.CCCc1c(OCCCSc2ccc(CC(=O)O)cc2Cl)ccc2c(C)noc12. The molecule has 9 rings (SSSR count). The standard InChI is InChI=1S/C38H46O7.C22H24ClNO4S/c1-23(39)43-27-13-9-25-11-15-31-35(3,29(25)21-27)17-7-19-37(31,5)33(41)45-34(42)38(6)20-8-18-36(4)30-22-28(44-24(2)40)14-10-26(30)12-16-32(36)38;1-3-5-17-19(8-7-16-14(2)24-28-22(16)17)27-10-4-11-29-20-9-6-15(12-18(20)23)13-21(25)26/h9-10,13-14,21-22,31-32H,7-8,11-12,15-20H2,1-6H3;6-9,12H,3-5,10-11,13H2,1-2H3,(H,25,26)/t31-,32-,35-,36-,37+,38+;/m1./s1. The molecule has 5 aromatic rings. The highest BCUT2D eigenvalue weighted by atomic mass is 35.5. The Labute approximate surface area is 443 Å². The lowest BCUT2D eigenvalue weighted by atomic mass is 9.49. The van der Waals surface area contributed by atoms with Crippen molar-refractivity contribution in [2.24, 2.45) is 22.7 Å². The molecule has 394 valence electrons. The number of carboxylic acid groups (broad SMARTS) is 1. The summed E-state index contributed by atoms with van der Waals surface area (Å²) in [6, 6.07) is 21.1. The van der Waals surface area contributed by atoms with Gasteiger partial charge in [-0.3, -0.25) is 24.0 Å². The maximum atomic E-state index is 14.3. The normalized spacial score (nSPS) is 24.7. The molecule has 4 aliphatic rings. The van der Waals surface area contributed by atoms with E-state index in [1.807, 2.05) is 81.4 Å². The van der Waals surface area contributed by atoms with Gasteiger partial charge in [-0.25, -0.2) is 0 Å². The van der Waals surface area contributed by atoms with E-state index in [0.29, 0.717) is 41.5 Å². The molecule has 74 heavy (non-hydrogen) atoms. The number of carbonyl (C=O) groups excluding carboxylic acids is 4. The van der Waals surface area contributed by atoms with E-state index in [-0.39, 0.29) is 41.0 Å². The molecule has 0 unspecified atom stereocenters. The molecule has 0 amide bonds. The Balaban J connectivity index is 0.000000217. The average molecular weight is 1050 g/mol. The van der Waals surface area contributed by atoms with Crippen LogP contribution in [0, 0.1) is 29.6 Å². The number of hydrogen-bond donors (Lipinski definition) is 1. The summed E-state index contributed by atoms with van der Waals surface area (Å²) in [7, 11) is 0. The molecule has 0 saturated heterocycles. The number of nitrogens with zero attached hydrogens (tertiary/aromatic N) is 1. The van der Waals surface area contributed by atoms with Crippen LogP contribution in [-0.2, 0) is 65.2 Å². The minimum Gasteiger partial charge on any atom is -0.493 e. The number of aliphatic carboxylic acids is 1. The van der Waals surface area contributed by atoms with Crippen molar-refractivity contribution in [2.45, 2.75) is 161 Å². The van der Waals surface area contributed by atoms with Crippen molar-refractivity contribution in [2.75, 3.05) is 12.4 Å². The lowest BCUT2D eigenvalue weighted by molar-refractivity contribution is -0.184. The number of thioether (sulfide) groups is 1. The van der Waals surface area contributed by atoms with Gasteiger partial charge in [0.25, 0.3) is 0 Å². The van der Waals surface area contributed by atoms with Crippen LogP contribution in [-0.4, -0.2) is 52.5 Å². The van der Waals surface area contributed by atoms with E-state index < -0.39 is 28.7 Å². The fourth-order valence-corrected chi connectivity index (χ4v) is 14.5. The zero-order valence-corrected chi connectivity index (χ0v) is 45.7. The zero-order valence-electron chi connectivity index (χ0n) is 44.1. The molecule has 12 nitrogen and oxygen atoms in total. The highest BCUT2D eigenvalue weighted by Gasteiger charge is 2.59. The molecule has 4 aliphatic carbocycles. The summed E-state index contributed by atoms with van der Waals surface area (Å²) in [6.07, 6.45) is 10.9. The molecule has 1 N–H and O–H groups in total. The second kappa shape index (κ2) is 22.3. The van der Waals surface area contributed by atoms with Gasteiger partial charge in [-0.05, 0) is 184 Å². The maximum absolute atomic E-state index is 14.3. The van der Waals surface area contributed by atoms with Gasteiger partial charge in [-0.1, -0.05) is 75.0 Å². The lowest BCUT2D eigenvalue weighted by Crippen LogP contribution is -2.56. The van der Waals surface area contributed by atoms with E-state index >= 15 is 0 Å². The molecule has 1 aromatic heterocycles. The van der Waals surface area contributed by atoms with Crippen LogP contribution in [0.1, 0.15) is 152 Å². The third kappa shape index (κ3) is 11.0. The smallest absolute Gasteiger partial charge is 0.319 e. The van der Waals surface area contributed by atoms with Crippen molar-refractivity contribution in [1.29, 1.82) is 0 Å². The number of ether oxygens (including phenoxy) is 4. The first-order valence-electron chi connectivity index (χ1n) is 26.2. The minimum atomic E-state index is -0.861. The first-order valence-corrected chi connectivity index (χ1v) is 27.6. The fourth-order valence-electron chi connectivity index (χ4n) is 13.3. The number of esters is 4. The first kappa shape index (κ1) is 54.6. The summed E-state index contributed by atoms with van der Waals surface area (Å²) in [6.45, 7) is 15.9. The largest absolute Gasteiger partial charge is 0.493 e. The van der Waals surface area contributed by atoms with Gasteiger partial charge in [-0.15, -0.1) is 11.8 Å². The third-order valence-corrected chi connectivity index (χ3v) is 18.4. The number of halogens is 1. The highest BCUT2D eigenvalue weighted by Crippen LogP contribution is 2.60. The Kier molecular flexibility index (Phi) is 16.4. The molecule has 0 bridgehead atoms. The van der Waals surface area contributed by atoms with Crippen LogP contribution in [0.5, 0.6) is 17.2 Å². The Morgan fingerprint density at radius 1 is 0.770 bits per heavy atom. The molecule has 0 radical (unpaired) electrons. The number of aryl methyl sites for hydroxylation is 4. The van der Waals surface area contributed by atoms with E-state index in [4.69, 9.17) is 40.2 Å². The van der Waals surface area contributed by atoms with Gasteiger partial charge in [0.1, 0.15) is 17.2 Å². The van der Waals surface area contributed by atoms with Crippen molar-refractivity contribution in [3.63, 3.8) is 0 Å². The lowest BCUT2D eigenvalue weighted by Gasteiger charge is -2.55. The van der Waals surface area contributed by atoms with Crippen LogP contribution in [0.15, 0.2) is 76.1 Å². The number of benzene rings is 4. The Morgan fingerprint density at radius 3 is 1.85 bits per heavy atom. The van der Waals surface area contributed by atoms with Gasteiger partial charge < -0.3 is 28.6 Å². The van der Waals surface area contributed by atoms with Crippen molar-refractivity contribution in [3.8, 4) is 17.2 Å². The van der Waals surface area contributed by atoms with Crippen LogP contribution < -0.4 is 14.2 Å². The summed E-state index contributed by atoms with van der Waals surface area (Å²) < 4.78 is 28.5. The molecule has 6 atom stereocenters. The average Bonchev–Trinajstić information content (AvgIpc) is 3.72. The summed E-state index contributed by atoms with van der Waals surface area (Å²) >= 11 is 7.92. The molecule has 1 heterocycles. The second-order valence-corrected chi connectivity index (χ2v) is 23.4. The molecular weight excluding hydrogens is 978 g/mol. The zero-order chi connectivity index (χ0) is 53.2. The molecule has 0 aliphatic heterocycles. The van der Waals surface area contributed by atoms with E-state index in [0.717, 1.165) is 120 Å². The highest BCUT2D eigenvalue weighted by molar-refractivity contribution is 7.99. The second-order valence-electron chi connectivity index (χ2n) is 21.9. The predicted octanol–water partition coefficient (Wildman–Crippen LogP) is 13.3. The van der Waals surface area contributed by atoms with Crippen molar-refractivity contribution in [1.82, 2.24) is 5.16 Å². The van der Waals surface area contributed by atoms with Gasteiger partial charge in [0.05, 0.1) is 34.6 Å². The fraction of sp³-hybridized carbons (Fsp3) is 0.500. The van der Waals surface area contributed by atoms with Gasteiger partial charge >= 0.3 is 29.8 Å². The van der Waals surface area contributed by atoms with Crippen molar-refractivity contribution in [3.05, 3.63) is 111 Å². The number of aromatic nitrogens is 1. The molecule has 2 fully saturated rings. The maximum Gasteiger partial charge on any atom is 0.319 e. The Morgan fingerprint density at radius 2 is 1.34 bits per heavy atom. The number of carbonyl (C=O) groups is 5. The van der Waals surface area contributed by atoms with Crippen LogP contribution in [0.3, 0.4) is 0 Å². The molecular formula is C60H70ClNO11S. The van der Waals surface area contributed by atoms with Gasteiger partial charge in [-0.2, -0.15) is 0 Å². The monoisotopic (exact) mass is 1050 g/mol. The summed E-state index contributed by atoms with van der Waals surface area (Å²) in [5.41, 5.74) is 5.97. The topological polar surface area (TPSA) is 169 Å². The van der Waals surface area contributed by atoms with E-state index in [1.54, 1.807) is 17.8 Å². The van der Waals surface area contributed by atoms with E-state index in [2.05, 4.69) is 25.9 Å². The van der Waals surface area contributed by atoms with E-state index in [9.17, 15) is 24.0 Å². The van der Waals surface area contributed by atoms with Gasteiger partial charge in [0.15, 0.2) is 5.58 Å². The van der Waals surface area contributed by atoms with Gasteiger partial charge in [0, 0.05) is 35.4 Å². The van der Waals surface area contributed by atoms with Crippen molar-refractivity contribution < 1.29 is 52.5 Å². The van der Waals surface area contributed by atoms with E-state index in [1.165, 1.54) is 25.0 Å². The minimum absolute atomic E-state index is 0.00943. The molecule has 0 spiro atoms. The summed E-state index contributed by atoms with van der Waals surface area (Å²) in [5.74, 6) is 0.333. The first-order chi connectivity index (χ1) is 35.2. The van der Waals surface area contributed by atoms with Crippen LogP contribution >= 0.6 is 23.4 Å². The van der Waals surface area contributed by atoms with Crippen LogP contribution in [0.4, 0.5) is 0 Å². The summed E-state index contributed by atoms with van der Waals surface area (Å²) in [4.78, 5) is 63.6. The Hall–Kier alpha value is -5.66. The Bertz CT molecular complexity index is 2850. The summed E-state index contributed by atoms with van der Waals surface area (Å²) in [5, 5.41) is 14.6. The third-order valence-electron chi connectivity index (χ3n) is 16.8.